The summed E-state index contributed by atoms with van der Waals surface area (Å²) in [6.07, 6.45) is 49.1. The summed E-state index contributed by atoms with van der Waals surface area (Å²) in [6, 6.07) is -0.868. The zero-order chi connectivity index (χ0) is 41.4. The second-order valence-corrected chi connectivity index (χ2v) is 18.2. The van der Waals surface area contributed by atoms with Crippen molar-refractivity contribution in [1.29, 1.82) is 0 Å². The predicted molar refractivity (Wildman–Crippen MR) is 240 cm³/mol. The second-order valence-electron chi connectivity index (χ2n) is 16.8. The number of nitrogens with zero attached hydrogens (tertiary/aromatic N) is 1. The normalized spacial score (nSPS) is 14.8. The summed E-state index contributed by atoms with van der Waals surface area (Å²) in [5, 5.41) is 13.8. The maximum atomic E-state index is 12.9. The van der Waals surface area contributed by atoms with Crippen LogP contribution in [0.4, 0.5) is 0 Å². The van der Waals surface area contributed by atoms with E-state index in [-0.39, 0.29) is 19.1 Å². The number of likely N-dealkylation sites (N-methyl/N-ethyl adjacent to an activating group) is 1. The quantitative estimate of drug-likeness (QED) is 0.0246. The Morgan fingerprint density at radius 2 is 1.02 bits per heavy atom. The fourth-order valence-electron chi connectivity index (χ4n) is 6.31. The molecule has 0 aliphatic carbocycles. The molecule has 56 heavy (non-hydrogen) atoms. The fraction of sp³-hybridized carbons (Fsp3) is 0.809. The third-order valence-corrected chi connectivity index (χ3v) is 11.0. The number of aliphatic hydroxyl groups is 1. The molecule has 0 rings (SSSR count). The monoisotopic (exact) mass is 810 g/mol. The van der Waals surface area contributed by atoms with Crippen molar-refractivity contribution in [2.24, 2.45) is 0 Å². The van der Waals surface area contributed by atoms with Crippen LogP contribution in [0.15, 0.2) is 48.6 Å². The number of carbonyl (C=O) groups excluding carboxylic acids is 1. The number of carbonyl (C=O) groups is 1. The molecule has 3 N–H and O–H groups in total. The molecule has 0 aromatic heterocycles. The number of phosphoric acid groups is 1. The molecule has 328 valence electrons. The molecule has 0 aromatic rings. The molecular weight excluding hydrogens is 719 g/mol. The molecule has 0 aromatic carbocycles. The third-order valence-electron chi connectivity index (χ3n) is 9.98. The Bertz CT molecular complexity index is 1050. The van der Waals surface area contributed by atoms with Gasteiger partial charge in [0, 0.05) is 6.42 Å². The van der Waals surface area contributed by atoms with Gasteiger partial charge in [-0.3, -0.25) is 13.8 Å². The molecule has 9 heteroatoms. The molecule has 0 fully saturated rings. The van der Waals surface area contributed by atoms with Gasteiger partial charge in [0.05, 0.1) is 39.9 Å². The highest BCUT2D eigenvalue weighted by Crippen LogP contribution is 2.43. The number of allylic oxidation sites excluding steroid dienone is 7. The van der Waals surface area contributed by atoms with Gasteiger partial charge in [-0.15, -0.1) is 0 Å². The van der Waals surface area contributed by atoms with Gasteiger partial charge in [-0.25, -0.2) is 4.57 Å². The number of hydrogen-bond donors (Lipinski definition) is 3. The predicted octanol–water partition coefficient (Wildman–Crippen LogP) is 12.9. The Labute approximate surface area is 346 Å². The number of unbranched alkanes of at least 4 members (excludes halogenated alkanes) is 22. The van der Waals surface area contributed by atoms with Crippen LogP contribution in [-0.2, 0) is 18.4 Å². The Hall–Kier alpha value is -1.54. The summed E-state index contributed by atoms with van der Waals surface area (Å²) >= 11 is 0. The smallest absolute Gasteiger partial charge is 0.387 e. The van der Waals surface area contributed by atoms with Crippen LogP contribution in [0.25, 0.3) is 0 Å². The molecule has 3 unspecified atom stereocenters. The van der Waals surface area contributed by atoms with E-state index in [9.17, 15) is 19.4 Å². The lowest BCUT2D eigenvalue weighted by molar-refractivity contribution is -0.870. The van der Waals surface area contributed by atoms with E-state index in [1.807, 2.05) is 27.2 Å². The SMILES string of the molecule is CCC/C=C/CC/C=C/CC/C=C/C(O)C(COP(=O)(O)OCC[N+](C)(C)C)NC(=O)CCCCCCCCCCCCC/C=C\CCCCCCCCCC. The van der Waals surface area contributed by atoms with Crippen LogP contribution >= 0.6 is 7.82 Å². The third kappa shape index (κ3) is 40.6. The highest BCUT2D eigenvalue weighted by Gasteiger charge is 2.27. The lowest BCUT2D eigenvalue weighted by Gasteiger charge is -2.25. The van der Waals surface area contributed by atoms with Crippen LogP contribution in [0.3, 0.4) is 0 Å². The van der Waals surface area contributed by atoms with Crippen LogP contribution in [0.2, 0.25) is 0 Å². The minimum absolute atomic E-state index is 0.0524. The lowest BCUT2D eigenvalue weighted by Crippen LogP contribution is -2.45. The van der Waals surface area contributed by atoms with Crippen molar-refractivity contribution in [1.82, 2.24) is 5.32 Å². The summed E-state index contributed by atoms with van der Waals surface area (Å²) in [7, 11) is 1.54. The molecule has 1 amide bonds. The van der Waals surface area contributed by atoms with Gasteiger partial charge in [-0.05, 0) is 64.2 Å². The number of phosphoric ester groups is 1. The van der Waals surface area contributed by atoms with Crippen molar-refractivity contribution >= 4 is 13.7 Å². The van der Waals surface area contributed by atoms with Gasteiger partial charge in [-0.2, -0.15) is 0 Å². The van der Waals surface area contributed by atoms with Crippen LogP contribution in [0.5, 0.6) is 0 Å². The number of quaternary nitrogens is 1. The first-order valence-electron chi connectivity index (χ1n) is 23.0. The summed E-state index contributed by atoms with van der Waals surface area (Å²) < 4.78 is 23.5. The second kappa shape index (κ2) is 38.9. The van der Waals surface area contributed by atoms with Crippen molar-refractivity contribution in [3.63, 3.8) is 0 Å². The molecule has 0 heterocycles. The van der Waals surface area contributed by atoms with Crippen LogP contribution < -0.4 is 5.32 Å². The average Bonchev–Trinajstić information content (AvgIpc) is 3.15. The molecule has 0 saturated carbocycles. The largest absolute Gasteiger partial charge is 0.472 e. The Balaban J connectivity index is 4.28. The molecule has 0 saturated heterocycles. The van der Waals surface area contributed by atoms with Gasteiger partial charge in [-0.1, -0.05) is 172 Å². The number of nitrogens with one attached hydrogen (secondary N) is 1. The summed E-state index contributed by atoms with van der Waals surface area (Å²) in [5.41, 5.74) is 0. The highest BCUT2D eigenvalue weighted by molar-refractivity contribution is 7.47. The molecule has 0 aliphatic heterocycles. The topological polar surface area (TPSA) is 105 Å². The molecule has 0 bridgehead atoms. The number of aliphatic hydroxyl groups excluding tert-OH is 1. The summed E-state index contributed by atoms with van der Waals surface area (Å²) in [5.74, 6) is -0.195. The minimum Gasteiger partial charge on any atom is -0.387 e. The van der Waals surface area contributed by atoms with Gasteiger partial charge in [0.25, 0.3) is 0 Å². The van der Waals surface area contributed by atoms with Crippen LogP contribution in [0, 0.1) is 0 Å². The van der Waals surface area contributed by atoms with Gasteiger partial charge in [0.15, 0.2) is 0 Å². The lowest BCUT2D eigenvalue weighted by atomic mass is 10.0. The van der Waals surface area contributed by atoms with E-state index in [0.29, 0.717) is 17.4 Å². The first-order valence-corrected chi connectivity index (χ1v) is 24.5. The molecule has 0 radical (unpaired) electrons. The first kappa shape index (κ1) is 54.5. The van der Waals surface area contributed by atoms with E-state index < -0.39 is 20.0 Å². The van der Waals surface area contributed by atoms with Gasteiger partial charge in [0.2, 0.25) is 5.91 Å². The van der Waals surface area contributed by atoms with E-state index >= 15 is 0 Å². The molecule has 8 nitrogen and oxygen atoms in total. The highest BCUT2D eigenvalue weighted by atomic mass is 31.2. The van der Waals surface area contributed by atoms with Crippen molar-refractivity contribution < 1.29 is 32.9 Å². The maximum Gasteiger partial charge on any atom is 0.472 e. The van der Waals surface area contributed by atoms with Crippen molar-refractivity contribution in [3.8, 4) is 0 Å². The first-order chi connectivity index (χ1) is 27.0. The van der Waals surface area contributed by atoms with E-state index in [1.165, 1.54) is 122 Å². The minimum atomic E-state index is -4.35. The molecular formula is C47H90N2O6P+. The van der Waals surface area contributed by atoms with Crippen LogP contribution in [0.1, 0.15) is 194 Å². The fourth-order valence-corrected chi connectivity index (χ4v) is 7.05. The number of hydrogen-bond acceptors (Lipinski definition) is 5. The van der Waals surface area contributed by atoms with Gasteiger partial charge < -0.3 is 19.8 Å². The number of rotatable bonds is 41. The maximum absolute atomic E-state index is 12.9. The molecule has 3 atom stereocenters. The zero-order valence-electron chi connectivity index (χ0n) is 37.1. The van der Waals surface area contributed by atoms with Gasteiger partial charge >= 0.3 is 7.82 Å². The van der Waals surface area contributed by atoms with E-state index in [1.54, 1.807) is 6.08 Å². The summed E-state index contributed by atoms with van der Waals surface area (Å²) in [4.78, 5) is 23.1. The average molecular weight is 810 g/mol. The Morgan fingerprint density at radius 1 is 0.589 bits per heavy atom. The zero-order valence-corrected chi connectivity index (χ0v) is 38.0. The van der Waals surface area contributed by atoms with Crippen molar-refractivity contribution in [2.45, 2.75) is 206 Å². The van der Waals surface area contributed by atoms with Crippen molar-refractivity contribution in [3.05, 3.63) is 48.6 Å². The van der Waals surface area contributed by atoms with E-state index in [2.05, 4.69) is 55.6 Å². The molecule has 0 spiro atoms. The summed E-state index contributed by atoms with van der Waals surface area (Å²) in [6.45, 7) is 4.70. The van der Waals surface area contributed by atoms with E-state index in [4.69, 9.17) is 9.05 Å². The molecule has 0 aliphatic rings. The number of amides is 1. The standard InChI is InChI=1S/C47H89N2O6P/c1-6-8-10-12-14-16-18-19-20-21-22-23-24-25-26-27-28-29-31-33-35-37-39-41-47(51)48-45(44-55-56(52,53)54-43-42-49(3,4)5)46(50)40-38-36-34-32-30-17-15-13-11-9-7-2/h11,13,21-22,30,32,38,40,45-46,50H,6-10,12,14-20,23-29,31,33-37,39,41-44H2,1-5H3,(H-,48,51,52,53)/p+1/b13-11+,22-21-,32-30+,40-38+. The van der Waals surface area contributed by atoms with E-state index in [0.717, 1.165) is 51.4 Å². The Kier molecular flexibility index (Phi) is 37.9. The van der Waals surface area contributed by atoms with Crippen LogP contribution in [-0.4, -0.2) is 73.4 Å². The van der Waals surface area contributed by atoms with Gasteiger partial charge in [0.1, 0.15) is 13.2 Å². The van der Waals surface area contributed by atoms with Crippen molar-refractivity contribution in [2.75, 3.05) is 40.9 Å². The Morgan fingerprint density at radius 3 is 1.50 bits per heavy atom.